The molecule has 1 aromatic carbocycles. The Morgan fingerprint density at radius 3 is 2.28 bits per heavy atom. The van der Waals surface area contributed by atoms with E-state index in [1.54, 1.807) is 6.07 Å². The summed E-state index contributed by atoms with van der Waals surface area (Å²) in [7, 11) is 0. The van der Waals surface area contributed by atoms with E-state index < -0.39 is 0 Å². The molecule has 0 spiro atoms. The molecule has 0 radical (unpaired) electrons. The van der Waals surface area contributed by atoms with Gasteiger partial charge < -0.3 is 14.9 Å². The molecule has 5 heteroatoms. The van der Waals surface area contributed by atoms with Crippen molar-refractivity contribution in [2.75, 3.05) is 31.1 Å². The quantitative estimate of drug-likeness (QED) is 0.915. The zero-order valence-corrected chi connectivity index (χ0v) is 15.7. The number of para-hydroxylation sites is 2. The van der Waals surface area contributed by atoms with E-state index in [4.69, 9.17) is 0 Å². The van der Waals surface area contributed by atoms with Crippen LogP contribution in [0.25, 0.3) is 0 Å². The summed E-state index contributed by atoms with van der Waals surface area (Å²) in [5.41, 5.74) is 0.888. The third-order valence-corrected chi connectivity index (χ3v) is 5.89. The summed E-state index contributed by atoms with van der Waals surface area (Å²) in [5.74, 6) is 0.603. The van der Waals surface area contributed by atoms with E-state index in [2.05, 4.69) is 28.5 Å². The van der Waals surface area contributed by atoms with Crippen LogP contribution in [0.4, 0.5) is 5.69 Å². The molecule has 3 rings (SSSR count). The average Bonchev–Trinajstić information content (AvgIpc) is 2.61. The van der Waals surface area contributed by atoms with E-state index in [1.807, 2.05) is 25.1 Å². The van der Waals surface area contributed by atoms with Crippen LogP contribution >= 0.6 is 0 Å². The maximum atomic E-state index is 13.1. The van der Waals surface area contributed by atoms with Crippen LogP contribution in [-0.4, -0.2) is 65.1 Å². The fraction of sp³-hybridized carbons (Fsp3) is 0.650. The van der Waals surface area contributed by atoms with Crippen molar-refractivity contribution >= 4 is 11.6 Å². The highest BCUT2D eigenvalue weighted by Gasteiger charge is 2.35. The van der Waals surface area contributed by atoms with Gasteiger partial charge in [-0.2, -0.15) is 0 Å². The summed E-state index contributed by atoms with van der Waals surface area (Å²) in [6.45, 7) is 9.76. The van der Waals surface area contributed by atoms with Crippen LogP contribution in [0.5, 0.6) is 5.75 Å². The third-order valence-electron chi connectivity index (χ3n) is 5.89. The number of piperidine rings is 1. The summed E-state index contributed by atoms with van der Waals surface area (Å²) in [4.78, 5) is 19.7. The molecule has 0 unspecified atom stereocenters. The van der Waals surface area contributed by atoms with E-state index in [0.29, 0.717) is 17.8 Å². The lowest BCUT2D eigenvalue weighted by Gasteiger charge is -2.44. The van der Waals surface area contributed by atoms with Gasteiger partial charge in [-0.25, -0.2) is 0 Å². The first-order valence-electron chi connectivity index (χ1n) is 9.58. The molecule has 1 N–H and O–H groups in total. The van der Waals surface area contributed by atoms with Gasteiger partial charge in [-0.15, -0.1) is 0 Å². The molecular weight excluding hydrogens is 314 g/mol. The number of hydrogen-bond acceptors (Lipinski definition) is 4. The number of amides is 1. The second kappa shape index (κ2) is 7.65. The highest BCUT2D eigenvalue weighted by atomic mass is 16.3. The number of hydrogen-bond donors (Lipinski definition) is 1. The Morgan fingerprint density at radius 1 is 1.08 bits per heavy atom. The van der Waals surface area contributed by atoms with E-state index in [0.717, 1.165) is 44.7 Å². The monoisotopic (exact) mass is 345 g/mol. The van der Waals surface area contributed by atoms with Crippen molar-refractivity contribution in [3.05, 3.63) is 24.3 Å². The summed E-state index contributed by atoms with van der Waals surface area (Å²) in [6.07, 6.45) is 3.45. The number of piperazine rings is 1. The lowest BCUT2D eigenvalue weighted by Crippen LogP contribution is -2.58. The fourth-order valence-corrected chi connectivity index (χ4v) is 4.31. The molecule has 0 saturated carbocycles. The summed E-state index contributed by atoms with van der Waals surface area (Å²) >= 11 is 0. The molecule has 0 aromatic heterocycles. The normalized spacial score (nSPS) is 26.5. The van der Waals surface area contributed by atoms with Gasteiger partial charge in [0.15, 0.2) is 0 Å². The van der Waals surface area contributed by atoms with Gasteiger partial charge >= 0.3 is 0 Å². The lowest BCUT2D eigenvalue weighted by molar-refractivity contribution is -0.142. The number of carbonyl (C=O) groups excluding carboxylic acids is 1. The molecule has 2 heterocycles. The number of nitrogens with zero attached hydrogens (tertiary/aromatic N) is 3. The Hall–Kier alpha value is -1.75. The van der Waals surface area contributed by atoms with Crippen molar-refractivity contribution in [2.45, 2.75) is 58.2 Å². The van der Waals surface area contributed by atoms with Crippen molar-refractivity contribution in [2.24, 2.45) is 0 Å². The van der Waals surface area contributed by atoms with Crippen LogP contribution in [0, 0.1) is 0 Å². The number of phenols is 1. The minimum Gasteiger partial charge on any atom is -0.506 e. The second-order valence-electron chi connectivity index (χ2n) is 7.56. The largest absolute Gasteiger partial charge is 0.506 e. The number of carbonyl (C=O) groups is 1. The predicted molar refractivity (Wildman–Crippen MR) is 101 cm³/mol. The Kier molecular flexibility index (Phi) is 5.52. The first kappa shape index (κ1) is 18.1. The van der Waals surface area contributed by atoms with Crippen molar-refractivity contribution in [1.29, 1.82) is 0 Å². The van der Waals surface area contributed by atoms with Gasteiger partial charge in [-0.3, -0.25) is 9.69 Å². The fourth-order valence-electron chi connectivity index (χ4n) is 4.31. The van der Waals surface area contributed by atoms with Crippen LogP contribution in [0.2, 0.25) is 0 Å². The highest BCUT2D eigenvalue weighted by Crippen LogP contribution is 2.28. The van der Waals surface area contributed by atoms with E-state index in [1.165, 1.54) is 6.42 Å². The molecule has 5 nitrogen and oxygen atoms in total. The molecule has 138 valence electrons. The third kappa shape index (κ3) is 3.76. The first-order valence-corrected chi connectivity index (χ1v) is 9.58. The van der Waals surface area contributed by atoms with Gasteiger partial charge in [0.2, 0.25) is 5.91 Å². The van der Waals surface area contributed by atoms with Crippen molar-refractivity contribution in [1.82, 2.24) is 9.80 Å². The summed E-state index contributed by atoms with van der Waals surface area (Å²) < 4.78 is 0. The van der Waals surface area contributed by atoms with Crippen molar-refractivity contribution in [3.63, 3.8) is 0 Å². The summed E-state index contributed by atoms with van der Waals surface area (Å²) in [6, 6.07) is 8.10. The molecule has 25 heavy (non-hydrogen) atoms. The van der Waals surface area contributed by atoms with Gasteiger partial charge in [-0.05, 0) is 52.2 Å². The molecule has 3 atom stereocenters. The predicted octanol–water partition coefficient (Wildman–Crippen LogP) is 2.69. The Morgan fingerprint density at radius 2 is 1.68 bits per heavy atom. The van der Waals surface area contributed by atoms with Crippen LogP contribution < -0.4 is 4.90 Å². The number of aromatic hydroxyl groups is 1. The van der Waals surface area contributed by atoms with Crippen molar-refractivity contribution in [3.8, 4) is 5.75 Å². The molecule has 2 aliphatic rings. The number of phenolic OH excluding ortho intramolecular Hbond substituents is 1. The minimum absolute atomic E-state index is 0.0745. The topological polar surface area (TPSA) is 47.0 Å². The number of benzene rings is 1. The van der Waals surface area contributed by atoms with E-state index in [9.17, 15) is 9.90 Å². The Bertz CT molecular complexity index is 588. The number of rotatable bonds is 3. The van der Waals surface area contributed by atoms with E-state index >= 15 is 0 Å². The van der Waals surface area contributed by atoms with Gasteiger partial charge in [0, 0.05) is 38.3 Å². The molecule has 1 aromatic rings. The number of likely N-dealkylation sites (tertiary alicyclic amines) is 1. The molecule has 0 aliphatic carbocycles. The van der Waals surface area contributed by atoms with Crippen LogP contribution in [0.15, 0.2) is 24.3 Å². The Labute approximate surface area is 151 Å². The molecule has 2 fully saturated rings. The number of anilines is 1. The average molecular weight is 345 g/mol. The summed E-state index contributed by atoms with van der Waals surface area (Å²) in [5, 5.41) is 10.0. The first-order chi connectivity index (χ1) is 12.0. The minimum atomic E-state index is -0.0745. The molecule has 0 bridgehead atoms. The molecule has 2 aliphatic heterocycles. The second-order valence-corrected chi connectivity index (χ2v) is 7.56. The smallest absolute Gasteiger partial charge is 0.240 e. The van der Waals surface area contributed by atoms with Gasteiger partial charge in [0.1, 0.15) is 5.75 Å². The maximum absolute atomic E-state index is 13.1. The Balaban J connectivity index is 1.60. The van der Waals surface area contributed by atoms with Crippen LogP contribution in [0.1, 0.15) is 40.0 Å². The van der Waals surface area contributed by atoms with Crippen LogP contribution in [0.3, 0.4) is 0 Å². The standard InChI is InChI=1S/C20H31N3O2/c1-15-7-6-8-16(2)23(15)20(25)17(3)21-11-13-22(14-12-21)18-9-4-5-10-19(18)24/h4-5,9-10,15-17,24H,6-8,11-14H2,1-3H3/t15-,16+,17-/m1/s1. The van der Waals surface area contributed by atoms with E-state index in [-0.39, 0.29) is 11.9 Å². The van der Waals surface area contributed by atoms with Gasteiger partial charge in [0.25, 0.3) is 0 Å². The zero-order valence-electron chi connectivity index (χ0n) is 15.7. The zero-order chi connectivity index (χ0) is 18.0. The van der Waals surface area contributed by atoms with Gasteiger partial charge in [-0.1, -0.05) is 12.1 Å². The maximum Gasteiger partial charge on any atom is 0.240 e. The molecular formula is C20H31N3O2. The molecule has 1 amide bonds. The van der Waals surface area contributed by atoms with Gasteiger partial charge in [0.05, 0.1) is 11.7 Å². The lowest BCUT2D eigenvalue weighted by atomic mass is 9.96. The SMILES string of the molecule is C[C@H](C(=O)N1[C@H](C)CCC[C@@H]1C)N1CCN(c2ccccc2O)CC1. The van der Waals surface area contributed by atoms with Crippen molar-refractivity contribution < 1.29 is 9.90 Å². The van der Waals surface area contributed by atoms with Crippen LogP contribution in [-0.2, 0) is 4.79 Å². The molecule has 2 saturated heterocycles. The highest BCUT2D eigenvalue weighted by molar-refractivity contribution is 5.82.